The van der Waals surface area contributed by atoms with Crippen LogP contribution in [0.3, 0.4) is 0 Å². The second-order valence-electron chi connectivity index (χ2n) is 5.46. The quantitative estimate of drug-likeness (QED) is 0.372. The van der Waals surface area contributed by atoms with E-state index in [4.69, 9.17) is 34.8 Å². The molecule has 0 atom stereocenters. The van der Waals surface area contributed by atoms with Gasteiger partial charge in [-0.1, -0.05) is 71.2 Å². The maximum absolute atomic E-state index is 12.7. The van der Waals surface area contributed by atoms with Gasteiger partial charge < -0.3 is 5.32 Å². The molecule has 0 aliphatic rings. The molecule has 124 valence electrons. The Morgan fingerprint density at radius 1 is 0.880 bits per heavy atom. The van der Waals surface area contributed by atoms with Gasteiger partial charge in [0.1, 0.15) is 4.88 Å². The number of benzene rings is 3. The smallest absolute Gasteiger partial charge is 0.267 e. The summed E-state index contributed by atoms with van der Waals surface area (Å²) in [7, 11) is 0. The summed E-state index contributed by atoms with van der Waals surface area (Å²) in [5.41, 5.74) is 0.456. The lowest BCUT2D eigenvalue weighted by Gasteiger charge is -2.07. The molecule has 1 heterocycles. The van der Waals surface area contributed by atoms with E-state index < -0.39 is 0 Å². The van der Waals surface area contributed by atoms with Gasteiger partial charge in [-0.2, -0.15) is 0 Å². The van der Waals surface area contributed by atoms with Crippen LogP contribution in [0.2, 0.25) is 15.1 Å². The van der Waals surface area contributed by atoms with E-state index in [1.165, 1.54) is 11.3 Å². The molecule has 6 heteroatoms. The third-order valence-corrected chi connectivity index (χ3v) is 6.39. The molecule has 0 aliphatic heterocycles. The Hall–Kier alpha value is -1.78. The summed E-state index contributed by atoms with van der Waals surface area (Å²) in [5, 5.41) is 6.93. The SMILES string of the molecule is O=C(Nc1cccc(Cl)c1Cl)c1sc2ccc3ccccc3c2c1Cl. The van der Waals surface area contributed by atoms with Crippen molar-refractivity contribution < 1.29 is 4.79 Å². The van der Waals surface area contributed by atoms with Crippen LogP contribution in [0.15, 0.2) is 54.6 Å². The lowest BCUT2D eigenvalue weighted by Crippen LogP contribution is -2.11. The number of rotatable bonds is 2. The fraction of sp³-hybridized carbons (Fsp3) is 0. The molecule has 25 heavy (non-hydrogen) atoms. The molecule has 4 aromatic rings. The van der Waals surface area contributed by atoms with Crippen molar-refractivity contribution in [3.05, 3.63) is 74.5 Å². The van der Waals surface area contributed by atoms with Crippen molar-refractivity contribution in [2.75, 3.05) is 5.32 Å². The van der Waals surface area contributed by atoms with Gasteiger partial charge in [-0.25, -0.2) is 0 Å². The Bertz CT molecular complexity index is 1140. The average Bonchev–Trinajstić information content (AvgIpc) is 2.96. The van der Waals surface area contributed by atoms with Crippen LogP contribution in [0.25, 0.3) is 20.9 Å². The van der Waals surface area contributed by atoms with E-state index in [9.17, 15) is 4.79 Å². The molecule has 0 saturated heterocycles. The Labute approximate surface area is 162 Å². The maximum atomic E-state index is 12.7. The van der Waals surface area contributed by atoms with E-state index in [0.717, 1.165) is 20.9 Å². The molecule has 0 spiro atoms. The van der Waals surface area contributed by atoms with Crippen LogP contribution in [0, 0.1) is 0 Å². The first-order valence-electron chi connectivity index (χ1n) is 7.41. The Morgan fingerprint density at radius 2 is 1.68 bits per heavy atom. The molecule has 1 aromatic heterocycles. The van der Waals surface area contributed by atoms with E-state index in [2.05, 4.69) is 5.32 Å². The summed E-state index contributed by atoms with van der Waals surface area (Å²) in [5.74, 6) is -0.306. The molecule has 0 bridgehead atoms. The number of carbonyl (C=O) groups excluding carboxylic acids is 1. The minimum absolute atomic E-state index is 0.306. The van der Waals surface area contributed by atoms with Gasteiger partial charge in [0, 0.05) is 10.1 Å². The Morgan fingerprint density at radius 3 is 2.52 bits per heavy atom. The van der Waals surface area contributed by atoms with Crippen molar-refractivity contribution in [2.45, 2.75) is 0 Å². The van der Waals surface area contributed by atoms with Crippen LogP contribution in [0.1, 0.15) is 9.67 Å². The van der Waals surface area contributed by atoms with Crippen molar-refractivity contribution in [1.82, 2.24) is 0 Å². The highest BCUT2D eigenvalue weighted by Gasteiger charge is 2.20. The molecule has 1 amide bonds. The van der Waals surface area contributed by atoms with Crippen molar-refractivity contribution in [2.24, 2.45) is 0 Å². The first-order chi connectivity index (χ1) is 12.1. The number of hydrogen-bond donors (Lipinski definition) is 1. The first kappa shape index (κ1) is 16.7. The molecular formula is C19H10Cl3NOS. The first-order valence-corrected chi connectivity index (χ1v) is 9.36. The van der Waals surface area contributed by atoms with Gasteiger partial charge in [0.05, 0.1) is 20.8 Å². The minimum atomic E-state index is -0.306. The van der Waals surface area contributed by atoms with Crippen molar-refractivity contribution in [3.8, 4) is 0 Å². The number of carbonyl (C=O) groups is 1. The van der Waals surface area contributed by atoms with Crippen LogP contribution in [0.4, 0.5) is 5.69 Å². The lowest BCUT2D eigenvalue weighted by molar-refractivity contribution is 0.103. The molecule has 0 saturated carbocycles. The number of amides is 1. The summed E-state index contributed by atoms with van der Waals surface area (Å²) in [6.07, 6.45) is 0. The van der Waals surface area contributed by atoms with Gasteiger partial charge in [0.15, 0.2) is 0 Å². The van der Waals surface area contributed by atoms with E-state index in [-0.39, 0.29) is 5.91 Å². The highest BCUT2D eigenvalue weighted by atomic mass is 35.5. The van der Waals surface area contributed by atoms with E-state index >= 15 is 0 Å². The van der Waals surface area contributed by atoms with Gasteiger partial charge in [-0.15, -0.1) is 11.3 Å². The number of halogens is 3. The molecule has 2 nitrogen and oxygen atoms in total. The van der Waals surface area contributed by atoms with E-state index in [1.807, 2.05) is 36.4 Å². The highest BCUT2D eigenvalue weighted by molar-refractivity contribution is 7.22. The molecule has 0 radical (unpaired) electrons. The van der Waals surface area contributed by atoms with Crippen molar-refractivity contribution >= 4 is 78.6 Å². The molecule has 0 fully saturated rings. The van der Waals surface area contributed by atoms with Gasteiger partial charge in [0.2, 0.25) is 0 Å². The Kier molecular flexibility index (Phi) is 4.34. The zero-order chi connectivity index (χ0) is 17.6. The van der Waals surface area contributed by atoms with E-state index in [1.54, 1.807) is 18.2 Å². The summed E-state index contributed by atoms with van der Waals surface area (Å²) in [6, 6.07) is 17.1. The molecule has 0 aliphatic carbocycles. The summed E-state index contributed by atoms with van der Waals surface area (Å²) >= 11 is 20.1. The van der Waals surface area contributed by atoms with Crippen molar-refractivity contribution in [3.63, 3.8) is 0 Å². The number of hydrogen-bond acceptors (Lipinski definition) is 2. The second kappa shape index (κ2) is 6.50. The molecule has 4 rings (SSSR count). The third kappa shape index (κ3) is 2.87. The van der Waals surface area contributed by atoms with Gasteiger partial charge in [-0.3, -0.25) is 4.79 Å². The fourth-order valence-corrected chi connectivity index (χ4v) is 4.57. The fourth-order valence-electron chi connectivity index (χ4n) is 2.76. The number of thiophene rings is 1. The van der Waals surface area contributed by atoms with Crippen LogP contribution in [-0.2, 0) is 0 Å². The van der Waals surface area contributed by atoms with Gasteiger partial charge in [-0.05, 0) is 29.0 Å². The van der Waals surface area contributed by atoms with Crippen LogP contribution >= 0.6 is 46.1 Å². The lowest BCUT2D eigenvalue weighted by atomic mass is 10.1. The zero-order valence-corrected chi connectivity index (χ0v) is 15.7. The summed E-state index contributed by atoms with van der Waals surface area (Å²) in [4.78, 5) is 13.2. The Balaban J connectivity index is 1.81. The minimum Gasteiger partial charge on any atom is -0.320 e. The predicted molar refractivity (Wildman–Crippen MR) is 109 cm³/mol. The monoisotopic (exact) mass is 405 g/mol. The second-order valence-corrected chi connectivity index (χ2v) is 7.68. The molecular weight excluding hydrogens is 397 g/mol. The summed E-state index contributed by atoms with van der Waals surface area (Å²) < 4.78 is 0.964. The normalized spacial score (nSPS) is 11.2. The van der Waals surface area contributed by atoms with E-state index in [0.29, 0.717) is 25.6 Å². The third-order valence-electron chi connectivity index (χ3n) is 3.93. The van der Waals surface area contributed by atoms with Crippen LogP contribution in [0.5, 0.6) is 0 Å². The predicted octanol–water partition coefficient (Wildman–Crippen LogP) is 7.27. The number of fused-ring (bicyclic) bond motifs is 3. The van der Waals surface area contributed by atoms with Crippen LogP contribution < -0.4 is 5.32 Å². The van der Waals surface area contributed by atoms with Gasteiger partial charge >= 0.3 is 0 Å². The average molecular weight is 407 g/mol. The molecule has 3 aromatic carbocycles. The van der Waals surface area contributed by atoms with Crippen LogP contribution in [-0.4, -0.2) is 5.91 Å². The zero-order valence-electron chi connectivity index (χ0n) is 12.6. The topological polar surface area (TPSA) is 29.1 Å². The standard InChI is InChI=1S/C19H10Cl3NOS/c20-12-6-3-7-13(16(12)21)23-19(24)18-17(22)15-11-5-2-1-4-10(11)8-9-14(15)25-18/h1-9H,(H,23,24). The molecule has 1 N–H and O–H groups in total. The largest absolute Gasteiger partial charge is 0.320 e. The summed E-state index contributed by atoms with van der Waals surface area (Å²) in [6.45, 7) is 0. The maximum Gasteiger partial charge on any atom is 0.267 e. The number of nitrogens with one attached hydrogen (secondary N) is 1. The molecule has 0 unspecified atom stereocenters. The highest BCUT2D eigenvalue weighted by Crippen LogP contribution is 2.40. The number of anilines is 1. The van der Waals surface area contributed by atoms with Gasteiger partial charge in [0.25, 0.3) is 5.91 Å². The van der Waals surface area contributed by atoms with Crippen molar-refractivity contribution in [1.29, 1.82) is 0 Å².